The SMILES string of the molecule is C=C(/C=C1/CC2CC2/C1=C/C)OCc1cccc(-c2c(C)cc(OCC(C)(CO)CO)cc2C)c1.CCCC#CO. The second kappa shape index (κ2) is 15.0. The highest BCUT2D eigenvalue weighted by molar-refractivity contribution is 5.72. The summed E-state index contributed by atoms with van der Waals surface area (Å²) >= 11 is 0. The van der Waals surface area contributed by atoms with Gasteiger partial charge in [0.05, 0.1) is 19.8 Å². The first kappa shape index (κ1) is 32.1. The molecule has 220 valence electrons. The molecule has 2 atom stereocenters. The summed E-state index contributed by atoms with van der Waals surface area (Å²) in [7, 11) is 0. The number of aliphatic hydroxyl groups excluding tert-OH is 3. The van der Waals surface area contributed by atoms with Crippen molar-refractivity contribution >= 4 is 0 Å². The molecular weight excluding hydrogens is 512 g/mol. The minimum absolute atomic E-state index is 0.130. The molecule has 0 radical (unpaired) electrons. The zero-order valence-electron chi connectivity index (χ0n) is 25.3. The van der Waals surface area contributed by atoms with Gasteiger partial charge in [0, 0.05) is 11.8 Å². The van der Waals surface area contributed by atoms with Crippen molar-refractivity contribution in [3.8, 4) is 28.9 Å². The number of aryl methyl sites for hydroxylation is 2. The predicted octanol–water partition coefficient (Wildman–Crippen LogP) is 7.40. The topological polar surface area (TPSA) is 79.2 Å². The molecule has 0 amide bonds. The van der Waals surface area contributed by atoms with E-state index in [1.54, 1.807) is 6.92 Å². The highest BCUT2D eigenvalue weighted by atomic mass is 16.5. The van der Waals surface area contributed by atoms with Crippen molar-refractivity contribution < 1.29 is 24.8 Å². The molecule has 0 spiro atoms. The van der Waals surface area contributed by atoms with Crippen LogP contribution in [-0.2, 0) is 11.3 Å². The largest absolute Gasteiger partial charge is 0.493 e. The Balaban J connectivity index is 0.000000696. The smallest absolute Gasteiger partial charge is 0.119 e. The Morgan fingerprint density at radius 2 is 1.85 bits per heavy atom. The Morgan fingerprint density at radius 3 is 2.44 bits per heavy atom. The van der Waals surface area contributed by atoms with Crippen LogP contribution in [0.3, 0.4) is 0 Å². The quantitative estimate of drug-likeness (QED) is 0.198. The predicted molar refractivity (Wildman–Crippen MR) is 166 cm³/mol. The number of fused-ring (bicyclic) bond motifs is 1. The molecule has 0 bridgehead atoms. The molecule has 2 saturated carbocycles. The summed E-state index contributed by atoms with van der Waals surface area (Å²) in [5.41, 5.74) is 7.84. The fourth-order valence-corrected chi connectivity index (χ4v) is 5.31. The maximum absolute atomic E-state index is 9.51. The van der Waals surface area contributed by atoms with Crippen LogP contribution in [0.5, 0.6) is 5.75 Å². The van der Waals surface area contributed by atoms with Crippen LogP contribution in [-0.4, -0.2) is 35.1 Å². The van der Waals surface area contributed by atoms with Gasteiger partial charge in [0.15, 0.2) is 0 Å². The maximum Gasteiger partial charge on any atom is 0.119 e. The van der Waals surface area contributed by atoms with Gasteiger partial charge in [0.25, 0.3) is 0 Å². The first-order valence-corrected chi connectivity index (χ1v) is 14.5. The summed E-state index contributed by atoms with van der Waals surface area (Å²) in [6, 6.07) is 12.5. The van der Waals surface area contributed by atoms with E-state index >= 15 is 0 Å². The van der Waals surface area contributed by atoms with E-state index in [0.717, 1.165) is 64.9 Å². The average Bonchev–Trinajstić information content (AvgIpc) is 3.64. The molecule has 0 heterocycles. The van der Waals surface area contributed by atoms with Crippen molar-refractivity contribution in [1.29, 1.82) is 0 Å². The molecule has 3 N–H and O–H groups in total. The van der Waals surface area contributed by atoms with E-state index in [1.165, 1.54) is 23.1 Å². The highest BCUT2D eigenvalue weighted by Crippen LogP contribution is 2.57. The van der Waals surface area contributed by atoms with Gasteiger partial charge in [0.2, 0.25) is 0 Å². The number of hydrogen-bond donors (Lipinski definition) is 3. The molecule has 5 heteroatoms. The highest BCUT2D eigenvalue weighted by Gasteiger charge is 2.46. The third kappa shape index (κ3) is 8.76. The molecular formula is C36H46O5. The van der Waals surface area contributed by atoms with Crippen LogP contribution in [0.25, 0.3) is 11.1 Å². The minimum Gasteiger partial charge on any atom is -0.493 e. The van der Waals surface area contributed by atoms with E-state index in [4.69, 9.17) is 14.6 Å². The monoisotopic (exact) mass is 558 g/mol. The van der Waals surface area contributed by atoms with Gasteiger partial charge >= 0.3 is 0 Å². The van der Waals surface area contributed by atoms with Crippen molar-refractivity contribution in [2.45, 2.75) is 66.9 Å². The van der Waals surface area contributed by atoms with Crippen LogP contribution in [0.1, 0.15) is 63.1 Å². The lowest BCUT2D eigenvalue weighted by Gasteiger charge is -2.25. The molecule has 0 aliphatic heterocycles. The Kier molecular flexibility index (Phi) is 11.7. The second-order valence-corrected chi connectivity index (χ2v) is 11.6. The van der Waals surface area contributed by atoms with Gasteiger partial charge in [0.1, 0.15) is 24.2 Å². The van der Waals surface area contributed by atoms with Gasteiger partial charge in [-0.1, -0.05) is 50.6 Å². The van der Waals surface area contributed by atoms with Crippen LogP contribution >= 0.6 is 0 Å². The summed E-state index contributed by atoms with van der Waals surface area (Å²) in [4.78, 5) is 0. The van der Waals surface area contributed by atoms with Gasteiger partial charge in [-0.2, -0.15) is 0 Å². The van der Waals surface area contributed by atoms with Crippen molar-refractivity contribution in [3.63, 3.8) is 0 Å². The van der Waals surface area contributed by atoms with Gasteiger partial charge < -0.3 is 24.8 Å². The van der Waals surface area contributed by atoms with Gasteiger partial charge in [-0.05, 0) is 115 Å². The number of hydrogen-bond acceptors (Lipinski definition) is 5. The summed E-state index contributed by atoms with van der Waals surface area (Å²) in [6.07, 6.45) is 10.5. The number of benzene rings is 2. The molecule has 0 aromatic heterocycles. The van der Waals surface area contributed by atoms with Crippen LogP contribution in [0, 0.1) is 43.1 Å². The van der Waals surface area contributed by atoms with E-state index in [0.29, 0.717) is 6.61 Å². The maximum atomic E-state index is 9.51. The normalized spacial score (nSPS) is 19.1. The molecule has 2 fully saturated rings. The molecule has 2 aromatic rings. The average molecular weight is 559 g/mol. The van der Waals surface area contributed by atoms with E-state index in [1.807, 2.05) is 25.2 Å². The summed E-state index contributed by atoms with van der Waals surface area (Å²) in [5.74, 6) is 5.58. The zero-order valence-corrected chi connectivity index (χ0v) is 25.3. The Labute approximate surface area is 246 Å². The van der Waals surface area contributed by atoms with Crippen molar-refractivity contribution in [1.82, 2.24) is 0 Å². The fourth-order valence-electron chi connectivity index (χ4n) is 5.31. The van der Waals surface area contributed by atoms with Gasteiger partial charge in [-0.15, -0.1) is 0 Å². The number of unbranched alkanes of at least 4 members (excludes halogenated alkanes) is 1. The number of rotatable bonds is 11. The Hall–Kier alpha value is -3.46. The molecule has 0 saturated heterocycles. The molecule has 2 unspecified atom stereocenters. The molecule has 4 rings (SSSR count). The third-order valence-electron chi connectivity index (χ3n) is 7.77. The summed E-state index contributed by atoms with van der Waals surface area (Å²) < 4.78 is 11.9. The Bertz CT molecular complexity index is 1300. The van der Waals surface area contributed by atoms with Crippen molar-refractivity contribution in [2.75, 3.05) is 19.8 Å². The van der Waals surface area contributed by atoms with E-state index in [-0.39, 0.29) is 19.8 Å². The number of allylic oxidation sites excluding steroid dienone is 4. The van der Waals surface area contributed by atoms with E-state index in [9.17, 15) is 10.2 Å². The standard InChI is InChI=1S/C31H38O4.C5H8O/c1-6-28-25(14-26-15-29(26)28)12-22(4)34-16-23-8-7-9-24(13-23)30-20(2)10-27(11-21(30)3)35-19-31(5,17-32)18-33;1-2-3-4-5-6/h6-13,26,29,32-33H,4,14-19H2,1-3,5H3;6H,2-3H2,1H3/b25-12-,28-6+;. The molecule has 2 aliphatic rings. The Morgan fingerprint density at radius 1 is 1.15 bits per heavy atom. The summed E-state index contributed by atoms with van der Waals surface area (Å²) in [6.45, 7) is 14.7. The second-order valence-electron chi connectivity index (χ2n) is 11.6. The molecule has 2 aliphatic carbocycles. The third-order valence-corrected chi connectivity index (χ3v) is 7.77. The lowest BCUT2D eigenvalue weighted by Crippen LogP contribution is -2.33. The van der Waals surface area contributed by atoms with Crippen LogP contribution < -0.4 is 4.74 Å². The summed E-state index contributed by atoms with van der Waals surface area (Å²) in [5, 5.41) is 26.9. The molecule has 41 heavy (non-hydrogen) atoms. The number of aliphatic hydroxyl groups is 3. The van der Waals surface area contributed by atoms with Gasteiger partial charge in [-0.25, -0.2) is 0 Å². The van der Waals surface area contributed by atoms with Crippen molar-refractivity contribution in [2.24, 2.45) is 17.3 Å². The van der Waals surface area contributed by atoms with Crippen LogP contribution in [0.15, 0.2) is 72.0 Å². The first-order valence-electron chi connectivity index (χ1n) is 14.5. The lowest BCUT2D eigenvalue weighted by atomic mass is 9.93. The van der Waals surface area contributed by atoms with Gasteiger partial charge in [-0.3, -0.25) is 0 Å². The van der Waals surface area contributed by atoms with E-state index in [2.05, 4.69) is 69.7 Å². The van der Waals surface area contributed by atoms with Crippen LogP contribution in [0.4, 0.5) is 0 Å². The lowest BCUT2D eigenvalue weighted by molar-refractivity contribution is 0.0287. The molecule has 5 nitrogen and oxygen atoms in total. The fraction of sp³-hybridized carbons (Fsp3) is 0.444. The minimum atomic E-state index is -0.665. The van der Waals surface area contributed by atoms with Crippen LogP contribution in [0.2, 0.25) is 0 Å². The number of ether oxygens (including phenoxy) is 2. The zero-order chi connectivity index (χ0) is 30.0. The first-order chi connectivity index (χ1) is 19.7. The molecule has 2 aromatic carbocycles. The van der Waals surface area contributed by atoms with Crippen molar-refractivity contribution in [3.05, 3.63) is 88.7 Å². The van der Waals surface area contributed by atoms with E-state index < -0.39 is 5.41 Å².